The minimum atomic E-state index is 0. The second-order valence-corrected chi connectivity index (χ2v) is 6.16. The average molecular weight is 501 g/mol. The van der Waals surface area contributed by atoms with Crippen LogP contribution in [0.5, 0.6) is 0 Å². The minimum absolute atomic E-state index is 0. The third kappa shape index (κ3) is 3.20. The number of hydrogen-bond donors (Lipinski definition) is 0. The summed E-state index contributed by atoms with van der Waals surface area (Å²) in [7, 11) is 0. The summed E-state index contributed by atoms with van der Waals surface area (Å²) in [5, 5.41) is 0. The van der Waals surface area contributed by atoms with Crippen molar-refractivity contribution in [1.82, 2.24) is 4.98 Å². The molecule has 1 aromatic heterocycles. The van der Waals surface area contributed by atoms with Crippen LogP contribution >= 0.6 is 0 Å². The zero-order valence-corrected chi connectivity index (χ0v) is 16.6. The Labute approximate surface area is 163 Å². The van der Waals surface area contributed by atoms with Gasteiger partial charge in [-0.2, -0.15) is 0 Å². The van der Waals surface area contributed by atoms with E-state index in [-0.39, 0.29) is 26.8 Å². The van der Waals surface area contributed by atoms with Crippen molar-refractivity contribution in [3.05, 3.63) is 90.2 Å². The first-order valence-electron chi connectivity index (χ1n) is 8.21. The van der Waals surface area contributed by atoms with E-state index in [9.17, 15) is 0 Å². The Morgan fingerprint density at radius 1 is 0.880 bits per heavy atom. The molecule has 4 heteroatoms. The molecule has 0 aliphatic carbocycles. The Kier molecular flexibility index (Phi) is 5.22. The summed E-state index contributed by atoms with van der Waals surface area (Å²) in [6, 6.07) is 21.0. The van der Waals surface area contributed by atoms with Crippen molar-refractivity contribution in [2.24, 2.45) is 0 Å². The molecule has 0 bridgehead atoms. The van der Waals surface area contributed by atoms with Crippen LogP contribution in [-0.4, -0.2) is 11.7 Å². The number of aromatic nitrogens is 1. The average Bonchev–Trinajstić information content (AvgIpc) is 2.62. The molecule has 0 unspecified atom stereocenters. The van der Waals surface area contributed by atoms with Crippen LogP contribution in [0.4, 0.5) is 11.5 Å². The Bertz CT molecular complexity index is 889. The molecule has 0 saturated heterocycles. The molecule has 1 radical (unpaired) electrons. The summed E-state index contributed by atoms with van der Waals surface area (Å²) in [6.07, 6.45) is 5.26. The molecule has 1 aliphatic heterocycles. The van der Waals surface area contributed by atoms with E-state index in [4.69, 9.17) is 0 Å². The van der Waals surface area contributed by atoms with Crippen LogP contribution in [0.15, 0.2) is 72.8 Å². The van der Waals surface area contributed by atoms with Gasteiger partial charge in [0.2, 0.25) is 6.71 Å². The molecule has 0 fully saturated rings. The largest absolute Gasteiger partial charge is 0.465 e. The van der Waals surface area contributed by atoms with Crippen molar-refractivity contribution in [1.29, 1.82) is 0 Å². The molecule has 2 heterocycles. The van der Waals surface area contributed by atoms with Crippen molar-refractivity contribution >= 4 is 29.1 Å². The Hall–Kier alpha value is -2.16. The van der Waals surface area contributed by atoms with E-state index < -0.39 is 0 Å². The van der Waals surface area contributed by atoms with Crippen LogP contribution in [-0.2, 0) is 20.1 Å². The third-order valence-corrected chi connectivity index (χ3v) is 4.61. The molecule has 1 aliphatic rings. The second kappa shape index (κ2) is 7.39. The van der Waals surface area contributed by atoms with Gasteiger partial charge in [0.15, 0.2) is 0 Å². The maximum absolute atomic E-state index is 4.48. The first-order valence-corrected chi connectivity index (χ1v) is 8.21. The number of rotatable bonds is 2. The van der Waals surface area contributed by atoms with E-state index in [1.807, 2.05) is 29.3 Å². The van der Waals surface area contributed by atoms with Crippen molar-refractivity contribution < 1.29 is 20.1 Å². The SMILES string of the molecule is Cc1cccc(C)c1B1C=[C-]N(c2ccccn2)c2ccccc21.[Ir]. The Balaban J connectivity index is 0.00000182. The first-order chi connectivity index (χ1) is 11.8. The summed E-state index contributed by atoms with van der Waals surface area (Å²) in [4.78, 5) is 6.52. The molecule has 0 N–H and O–H groups in total. The molecule has 2 aromatic carbocycles. The first kappa shape index (κ1) is 17.7. The van der Waals surface area contributed by atoms with E-state index in [1.54, 1.807) is 0 Å². The number of anilines is 2. The van der Waals surface area contributed by atoms with Gasteiger partial charge in [-0.25, -0.2) is 0 Å². The molecule has 125 valence electrons. The smallest absolute Gasteiger partial charge is 0.212 e. The monoisotopic (exact) mass is 502 g/mol. The quantitative estimate of drug-likeness (QED) is 0.396. The molecule has 4 rings (SSSR count). The number of hydrogen-bond acceptors (Lipinski definition) is 2. The number of para-hydroxylation sites is 1. The van der Waals surface area contributed by atoms with Gasteiger partial charge in [0.25, 0.3) is 0 Å². The van der Waals surface area contributed by atoms with Gasteiger partial charge in [-0.15, -0.1) is 17.6 Å². The number of benzene rings is 2. The molecular formula is C21H18BIrN2-. The van der Waals surface area contributed by atoms with Gasteiger partial charge in [-0.1, -0.05) is 76.9 Å². The molecule has 0 amide bonds. The van der Waals surface area contributed by atoms with Gasteiger partial charge >= 0.3 is 0 Å². The third-order valence-electron chi connectivity index (χ3n) is 4.61. The van der Waals surface area contributed by atoms with Gasteiger partial charge in [0.05, 0.1) is 0 Å². The predicted octanol–water partition coefficient (Wildman–Crippen LogP) is 3.31. The number of nitrogens with zero attached hydrogens (tertiary/aromatic N) is 2. The van der Waals surface area contributed by atoms with E-state index in [0.29, 0.717) is 0 Å². The van der Waals surface area contributed by atoms with Crippen LogP contribution in [0.3, 0.4) is 0 Å². The van der Waals surface area contributed by atoms with Crippen molar-refractivity contribution in [3.8, 4) is 0 Å². The molecule has 0 saturated carbocycles. The van der Waals surface area contributed by atoms with E-state index in [0.717, 1.165) is 11.5 Å². The van der Waals surface area contributed by atoms with Crippen LogP contribution in [0.1, 0.15) is 11.1 Å². The van der Waals surface area contributed by atoms with Crippen molar-refractivity contribution in [2.75, 3.05) is 4.90 Å². The summed E-state index contributed by atoms with van der Waals surface area (Å²) in [6.45, 7) is 4.59. The summed E-state index contributed by atoms with van der Waals surface area (Å²) < 4.78 is 0. The van der Waals surface area contributed by atoms with Crippen LogP contribution < -0.4 is 15.8 Å². The van der Waals surface area contributed by atoms with Crippen molar-refractivity contribution in [2.45, 2.75) is 13.8 Å². The molecule has 3 aromatic rings. The minimum Gasteiger partial charge on any atom is -0.465 e. The molecule has 25 heavy (non-hydrogen) atoms. The maximum atomic E-state index is 4.48. The topological polar surface area (TPSA) is 16.1 Å². The summed E-state index contributed by atoms with van der Waals surface area (Å²) >= 11 is 0. The summed E-state index contributed by atoms with van der Waals surface area (Å²) in [5.41, 5.74) is 6.45. The van der Waals surface area contributed by atoms with Gasteiger partial charge in [-0.05, 0) is 19.9 Å². The standard InChI is InChI=1S/C21H18BN2.Ir/c1-16-8-7-9-17(2)21(16)22-13-15-24(20-12-5-6-14-23-20)19-11-4-3-10-18(19)22;/h3-14H,1-2H3;/q-1;. The molecule has 0 spiro atoms. The van der Waals surface area contributed by atoms with E-state index >= 15 is 0 Å². The predicted molar refractivity (Wildman–Crippen MR) is 102 cm³/mol. The molecule has 0 atom stereocenters. The van der Waals surface area contributed by atoms with E-state index in [1.165, 1.54) is 22.1 Å². The van der Waals surface area contributed by atoms with Gasteiger partial charge in [0, 0.05) is 32.1 Å². The van der Waals surface area contributed by atoms with Crippen LogP contribution in [0.25, 0.3) is 0 Å². The summed E-state index contributed by atoms with van der Waals surface area (Å²) in [5.74, 6) is 3.05. The fraction of sp³-hybridized carbons (Fsp3) is 0.0952. The zero-order valence-electron chi connectivity index (χ0n) is 14.2. The van der Waals surface area contributed by atoms with Gasteiger partial charge < -0.3 is 9.88 Å². The molecular weight excluding hydrogens is 483 g/mol. The number of fused-ring (bicyclic) bond motifs is 1. The Morgan fingerprint density at radius 2 is 1.60 bits per heavy atom. The molecule has 2 nitrogen and oxygen atoms in total. The number of aryl methyl sites for hydroxylation is 2. The normalized spacial score (nSPS) is 12.6. The zero-order chi connectivity index (χ0) is 16.5. The maximum Gasteiger partial charge on any atom is 0.212 e. The Morgan fingerprint density at radius 3 is 2.32 bits per heavy atom. The second-order valence-electron chi connectivity index (χ2n) is 6.16. The van der Waals surface area contributed by atoms with Crippen molar-refractivity contribution in [3.63, 3.8) is 0 Å². The van der Waals surface area contributed by atoms with Crippen LogP contribution in [0, 0.1) is 20.0 Å². The fourth-order valence-electron chi connectivity index (χ4n) is 3.49. The number of pyridine rings is 1. The van der Waals surface area contributed by atoms with E-state index in [2.05, 4.69) is 73.5 Å². The van der Waals surface area contributed by atoms with Gasteiger partial charge in [0.1, 0.15) is 0 Å². The van der Waals surface area contributed by atoms with Gasteiger partial charge in [-0.3, -0.25) is 0 Å². The fourth-order valence-corrected chi connectivity index (χ4v) is 3.49. The van der Waals surface area contributed by atoms with Crippen LogP contribution in [0.2, 0.25) is 0 Å².